The van der Waals surface area contributed by atoms with E-state index in [0.29, 0.717) is 5.02 Å². The van der Waals surface area contributed by atoms with Crippen molar-refractivity contribution in [2.24, 2.45) is 0 Å². The Hall–Kier alpha value is -0.0200. The number of hydrogen-bond donors (Lipinski definition) is 1. The predicted molar refractivity (Wildman–Crippen MR) is 39.5 cm³/mol. The Labute approximate surface area is 93.0 Å². The Kier molecular flexibility index (Phi) is 4.77. The van der Waals surface area contributed by atoms with Gasteiger partial charge in [-0.2, -0.15) is 0 Å². The van der Waals surface area contributed by atoms with Crippen molar-refractivity contribution in [3.05, 3.63) is 34.9 Å². The number of aromatic carboxylic acids is 1. The standard InChI is InChI=1S/C7H5ClO2.Na.H/c8-6-3-1-2-5(4-6)7(9)10;;/h1-4H,(H,9,10);;/q;+1;-1. The van der Waals surface area contributed by atoms with E-state index in [1.165, 1.54) is 12.1 Å². The molecule has 1 N–H and O–H groups in total. The molecule has 54 valence electrons. The van der Waals surface area contributed by atoms with Crippen molar-refractivity contribution in [1.29, 1.82) is 0 Å². The van der Waals surface area contributed by atoms with Gasteiger partial charge in [-0.1, -0.05) is 17.7 Å². The molecule has 0 aromatic heterocycles. The molecule has 1 aromatic rings. The Morgan fingerprint density at radius 1 is 1.55 bits per heavy atom. The van der Waals surface area contributed by atoms with Crippen LogP contribution in [0.3, 0.4) is 0 Å². The SMILES string of the molecule is O=C(O)c1cccc(Cl)c1.[H-].[Na+]. The van der Waals surface area contributed by atoms with Crippen molar-refractivity contribution < 1.29 is 40.9 Å². The number of carboxylic acid groups (broad SMARTS) is 1. The molecule has 0 spiro atoms. The van der Waals surface area contributed by atoms with E-state index in [2.05, 4.69) is 0 Å². The summed E-state index contributed by atoms with van der Waals surface area (Å²) in [6.07, 6.45) is 0. The molecule has 0 aliphatic rings. The molecule has 0 heterocycles. The molecule has 1 rings (SSSR count). The van der Waals surface area contributed by atoms with Crippen molar-refractivity contribution in [2.75, 3.05) is 0 Å². The van der Waals surface area contributed by atoms with Crippen LogP contribution < -0.4 is 29.6 Å². The van der Waals surface area contributed by atoms with Crippen molar-refractivity contribution in [3.63, 3.8) is 0 Å². The largest absolute Gasteiger partial charge is 1.00 e. The normalized spacial score (nSPS) is 8.45. The summed E-state index contributed by atoms with van der Waals surface area (Å²) in [5.41, 5.74) is 0.215. The van der Waals surface area contributed by atoms with Crippen LogP contribution in [0, 0.1) is 0 Å². The molecule has 0 atom stereocenters. The van der Waals surface area contributed by atoms with Crippen LogP contribution >= 0.6 is 11.6 Å². The van der Waals surface area contributed by atoms with Gasteiger partial charge in [0, 0.05) is 5.02 Å². The first-order valence-corrected chi connectivity index (χ1v) is 3.07. The maximum Gasteiger partial charge on any atom is 1.00 e. The fourth-order valence-electron chi connectivity index (χ4n) is 0.622. The zero-order chi connectivity index (χ0) is 7.56. The molecule has 0 bridgehead atoms. The van der Waals surface area contributed by atoms with Gasteiger partial charge < -0.3 is 6.53 Å². The molecule has 0 radical (unpaired) electrons. The number of carbonyl (C=O) groups is 1. The van der Waals surface area contributed by atoms with Gasteiger partial charge in [0.1, 0.15) is 0 Å². The third-order valence-electron chi connectivity index (χ3n) is 1.07. The molecule has 1 aromatic carbocycles. The van der Waals surface area contributed by atoms with Crippen LogP contribution in [0.25, 0.3) is 0 Å². The molecular weight excluding hydrogens is 175 g/mol. The summed E-state index contributed by atoms with van der Waals surface area (Å²) in [6, 6.07) is 6.14. The maximum atomic E-state index is 10.3. The second-order valence-electron chi connectivity index (χ2n) is 1.82. The van der Waals surface area contributed by atoms with Crippen LogP contribution in [0.4, 0.5) is 0 Å². The van der Waals surface area contributed by atoms with Gasteiger partial charge in [0.05, 0.1) is 5.56 Å². The van der Waals surface area contributed by atoms with Crippen LogP contribution in [-0.4, -0.2) is 11.1 Å². The van der Waals surface area contributed by atoms with Crippen LogP contribution in [-0.2, 0) is 0 Å². The van der Waals surface area contributed by atoms with E-state index in [0.717, 1.165) is 0 Å². The zero-order valence-electron chi connectivity index (χ0n) is 7.04. The third kappa shape index (κ3) is 3.25. The van der Waals surface area contributed by atoms with Gasteiger partial charge in [-0.05, 0) is 18.2 Å². The first-order valence-electron chi connectivity index (χ1n) is 2.69. The van der Waals surface area contributed by atoms with E-state index in [1.54, 1.807) is 12.1 Å². The molecule has 0 aliphatic carbocycles. The molecule has 0 fully saturated rings. The van der Waals surface area contributed by atoms with Gasteiger partial charge in [0.2, 0.25) is 0 Å². The van der Waals surface area contributed by atoms with Crippen molar-refractivity contribution in [3.8, 4) is 0 Å². The second-order valence-corrected chi connectivity index (χ2v) is 2.25. The smallest absolute Gasteiger partial charge is 1.00 e. The van der Waals surface area contributed by atoms with E-state index >= 15 is 0 Å². The van der Waals surface area contributed by atoms with Crippen LogP contribution in [0.5, 0.6) is 0 Å². The Morgan fingerprint density at radius 2 is 2.18 bits per heavy atom. The van der Waals surface area contributed by atoms with Gasteiger partial charge in [-0.25, -0.2) is 4.79 Å². The summed E-state index contributed by atoms with van der Waals surface area (Å²) in [5, 5.41) is 8.89. The van der Waals surface area contributed by atoms with Gasteiger partial charge >= 0.3 is 35.5 Å². The molecule has 0 saturated heterocycles. The minimum absolute atomic E-state index is 0. The van der Waals surface area contributed by atoms with Gasteiger partial charge in [0.15, 0.2) is 0 Å². The van der Waals surface area contributed by atoms with E-state index in [4.69, 9.17) is 16.7 Å². The summed E-state index contributed by atoms with van der Waals surface area (Å²) >= 11 is 5.53. The predicted octanol–water partition coefficient (Wildman–Crippen LogP) is -0.845. The summed E-state index contributed by atoms with van der Waals surface area (Å²) in [4.78, 5) is 10.3. The first-order chi connectivity index (χ1) is 4.70. The van der Waals surface area contributed by atoms with E-state index < -0.39 is 5.97 Å². The van der Waals surface area contributed by atoms with Crippen molar-refractivity contribution in [1.82, 2.24) is 0 Å². The van der Waals surface area contributed by atoms with E-state index in [9.17, 15) is 4.79 Å². The third-order valence-corrected chi connectivity index (χ3v) is 1.31. The van der Waals surface area contributed by atoms with Gasteiger partial charge in [0.25, 0.3) is 0 Å². The molecule has 0 aliphatic heterocycles. The monoisotopic (exact) mass is 180 g/mol. The van der Waals surface area contributed by atoms with Gasteiger partial charge in [-0.15, -0.1) is 0 Å². The summed E-state index contributed by atoms with van der Waals surface area (Å²) in [5.74, 6) is -0.956. The molecule has 0 amide bonds. The number of benzene rings is 1. The Morgan fingerprint density at radius 3 is 2.55 bits per heavy atom. The maximum absolute atomic E-state index is 10.3. The number of hydrogen-bond acceptors (Lipinski definition) is 1. The Balaban J connectivity index is 0. The number of rotatable bonds is 1. The van der Waals surface area contributed by atoms with E-state index in [1.807, 2.05) is 0 Å². The summed E-state index contributed by atoms with van der Waals surface area (Å²) in [6.45, 7) is 0. The molecule has 11 heavy (non-hydrogen) atoms. The van der Waals surface area contributed by atoms with Crippen LogP contribution in [0.15, 0.2) is 24.3 Å². The van der Waals surface area contributed by atoms with Crippen molar-refractivity contribution >= 4 is 17.6 Å². The van der Waals surface area contributed by atoms with E-state index in [-0.39, 0.29) is 36.5 Å². The summed E-state index contributed by atoms with van der Waals surface area (Å²) < 4.78 is 0. The minimum atomic E-state index is -0.956. The van der Waals surface area contributed by atoms with Crippen LogP contribution in [0.1, 0.15) is 11.8 Å². The zero-order valence-corrected chi connectivity index (χ0v) is 8.80. The fourth-order valence-corrected chi connectivity index (χ4v) is 0.812. The Bertz CT molecular complexity index is 267. The number of carboxylic acids is 1. The fraction of sp³-hybridized carbons (Fsp3) is 0. The first kappa shape index (κ1) is 11.0. The van der Waals surface area contributed by atoms with Crippen LogP contribution in [0.2, 0.25) is 5.02 Å². The number of halogens is 1. The molecule has 4 heteroatoms. The minimum Gasteiger partial charge on any atom is -1.00 e. The average Bonchev–Trinajstić information content (AvgIpc) is 1.88. The summed E-state index contributed by atoms with van der Waals surface area (Å²) in [7, 11) is 0. The average molecular weight is 181 g/mol. The molecular formula is C7H6ClNaO2. The second kappa shape index (κ2) is 4.78. The quantitative estimate of drug-likeness (QED) is 0.572. The molecule has 2 nitrogen and oxygen atoms in total. The molecule has 0 unspecified atom stereocenters. The molecule has 0 saturated carbocycles. The topological polar surface area (TPSA) is 37.3 Å². The van der Waals surface area contributed by atoms with Crippen molar-refractivity contribution in [2.45, 2.75) is 0 Å². The van der Waals surface area contributed by atoms with Gasteiger partial charge in [-0.3, -0.25) is 0 Å².